The molecule has 0 N–H and O–H groups in total. The lowest BCUT2D eigenvalue weighted by Crippen LogP contribution is -2.01. The Morgan fingerprint density at radius 2 is 1.27 bits per heavy atom. The summed E-state index contributed by atoms with van der Waals surface area (Å²) in [6.45, 7) is 3.82. The number of nitro groups is 1. The Bertz CT molecular complexity index is 898. The van der Waals surface area contributed by atoms with Crippen LogP contribution in [0.15, 0.2) is 77.8 Å². The van der Waals surface area contributed by atoms with Crippen LogP contribution in [0.3, 0.4) is 0 Å². The van der Waals surface area contributed by atoms with Gasteiger partial charge in [0.05, 0.1) is 4.92 Å². The Morgan fingerprint density at radius 1 is 0.846 bits per heavy atom. The van der Waals surface area contributed by atoms with Crippen LogP contribution >= 0.6 is 58.3 Å². The first-order chi connectivity index (χ1) is 12.3. The highest BCUT2D eigenvalue weighted by Gasteiger charge is 2.26. The van der Waals surface area contributed by atoms with Crippen LogP contribution in [0.25, 0.3) is 0 Å². The van der Waals surface area contributed by atoms with Crippen LogP contribution in [0, 0.1) is 24.0 Å². The van der Waals surface area contributed by atoms with E-state index in [0.717, 1.165) is 44.4 Å². The maximum absolute atomic E-state index is 11.5. The number of benzene rings is 2. The number of halogens is 3. The van der Waals surface area contributed by atoms with Gasteiger partial charge in [0, 0.05) is 9.79 Å². The quantitative estimate of drug-likeness (QED) is 0.199. The predicted molar refractivity (Wildman–Crippen MR) is 113 cm³/mol. The first-order valence-electron chi connectivity index (χ1n) is 7.38. The molecule has 136 valence electrons. The van der Waals surface area contributed by atoms with E-state index in [2.05, 4.69) is 0 Å². The summed E-state index contributed by atoms with van der Waals surface area (Å²) in [4.78, 5) is 12.6. The van der Waals surface area contributed by atoms with Crippen LogP contribution in [0.2, 0.25) is 0 Å². The van der Waals surface area contributed by atoms with Gasteiger partial charge < -0.3 is 0 Å². The lowest BCUT2D eigenvalue weighted by molar-refractivity contribution is -0.419. The number of allylic oxidation sites excluding steroid dienone is 1. The number of hydrogen-bond acceptors (Lipinski definition) is 4. The van der Waals surface area contributed by atoms with Crippen molar-refractivity contribution in [3.05, 3.63) is 89.2 Å². The van der Waals surface area contributed by atoms with E-state index in [0.29, 0.717) is 0 Å². The third kappa shape index (κ3) is 5.44. The fourth-order valence-electron chi connectivity index (χ4n) is 1.96. The van der Waals surface area contributed by atoms with Crippen LogP contribution in [0.4, 0.5) is 0 Å². The number of rotatable bonds is 6. The maximum atomic E-state index is 11.5. The van der Waals surface area contributed by atoms with E-state index in [-0.39, 0.29) is 13.8 Å². The van der Waals surface area contributed by atoms with E-state index in [1.807, 2.05) is 62.4 Å². The van der Waals surface area contributed by atoms with Crippen molar-refractivity contribution in [2.75, 3.05) is 0 Å². The SMILES string of the molecule is Cc1ccccc1S/C(Cl)=C(Cl)\C(=C(\Cl)Sc1ccccc1C)[N+](=O)[O-]. The molecular weight excluding hydrogens is 433 g/mol. The summed E-state index contributed by atoms with van der Waals surface area (Å²) in [6.07, 6.45) is 0. The second-order valence-electron chi connectivity index (χ2n) is 5.20. The van der Waals surface area contributed by atoms with Gasteiger partial charge in [-0.15, -0.1) is 0 Å². The molecule has 0 fully saturated rings. The van der Waals surface area contributed by atoms with E-state index >= 15 is 0 Å². The summed E-state index contributed by atoms with van der Waals surface area (Å²) in [5.74, 6) is 0. The van der Waals surface area contributed by atoms with E-state index in [1.165, 1.54) is 0 Å². The zero-order chi connectivity index (χ0) is 19.3. The van der Waals surface area contributed by atoms with Gasteiger partial charge in [0.1, 0.15) is 9.40 Å². The summed E-state index contributed by atoms with van der Waals surface area (Å²) in [5.41, 5.74) is 1.54. The van der Waals surface area contributed by atoms with Gasteiger partial charge in [-0.05, 0) is 37.1 Å². The van der Waals surface area contributed by atoms with Crippen molar-refractivity contribution in [3.63, 3.8) is 0 Å². The largest absolute Gasteiger partial charge is 0.315 e. The lowest BCUT2D eigenvalue weighted by atomic mass is 10.2. The molecule has 2 rings (SSSR count). The second kappa shape index (κ2) is 9.72. The van der Waals surface area contributed by atoms with Gasteiger partial charge in [-0.25, -0.2) is 0 Å². The minimum atomic E-state index is -0.614. The molecule has 0 bridgehead atoms. The molecule has 3 nitrogen and oxygen atoms in total. The van der Waals surface area contributed by atoms with Crippen molar-refractivity contribution in [3.8, 4) is 0 Å². The zero-order valence-corrected chi connectivity index (χ0v) is 17.7. The van der Waals surface area contributed by atoms with Crippen LogP contribution in [-0.4, -0.2) is 4.92 Å². The number of thioether (sulfide) groups is 2. The molecular formula is C18H14Cl3NO2S2. The van der Waals surface area contributed by atoms with Gasteiger partial charge in [0.2, 0.25) is 0 Å². The highest BCUT2D eigenvalue weighted by Crippen LogP contribution is 2.42. The first-order valence-corrected chi connectivity index (χ1v) is 10.1. The molecule has 0 atom stereocenters. The molecule has 2 aromatic carbocycles. The van der Waals surface area contributed by atoms with E-state index in [1.54, 1.807) is 0 Å². The van der Waals surface area contributed by atoms with Gasteiger partial charge in [0.15, 0.2) is 4.36 Å². The van der Waals surface area contributed by atoms with Gasteiger partial charge >= 0.3 is 5.70 Å². The van der Waals surface area contributed by atoms with Gasteiger partial charge in [-0.3, -0.25) is 10.1 Å². The van der Waals surface area contributed by atoms with Crippen LogP contribution in [0.5, 0.6) is 0 Å². The molecule has 0 unspecified atom stereocenters. The molecule has 8 heteroatoms. The van der Waals surface area contributed by atoms with Gasteiger partial charge in [0.25, 0.3) is 0 Å². The fourth-order valence-corrected chi connectivity index (χ4v) is 4.69. The topological polar surface area (TPSA) is 43.1 Å². The Labute approximate surface area is 175 Å². The third-order valence-electron chi connectivity index (χ3n) is 3.34. The van der Waals surface area contributed by atoms with Crippen molar-refractivity contribution < 1.29 is 4.92 Å². The average molecular weight is 447 g/mol. The van der Waals surface area contributed by atoms with Crippen molar-refractivity contribution in [1.29, 1.82) is 0 Å². The average Bonchev–Trinajstić information content (AvgIpc) is 2.58. The summed E-state index contributed by atoms with van der Waals surface area (Å²) in [7, 11) is 0. The molecule has 0 saturated carbocycles. The maximum Gasteiger partial charge on any atom is 0.315 e. The fraction of sp³-hybridized carbons (Fsp3) is 0.111. The smallest absolute Gasteiger partial charge is 0.258 e. The summed E-state index contributed by atoms with van der Waals surface area (Å²) in [6, 6.07) is 15.0. The van der Waals surface area contributed by atoms with Crippen molar-refractivity contribution in [2.45, 2.75) is 23.6 Å². The molecule has 0 heterocycles. The molecule has 0 amide bonds. The minimum Gasteiger partial charge on any atom is -0.258 e. The standard InChI is InChI=1S/C18H14Cl3NO2S2/c1-11-7-3-5-9-13(11)25-17(20)15(19)16(22(23)24)18(21)26-14-10-6-4-8-12(14)2/h3-10H,1-2H3/b17-15+,18-16+. The Hall–Kier alpha value is -1.11. The van der Waals surface area contributed by atoms with E-state index in [9.17, 15) is 10.1 Å². The summed E-state index contributed by atoms with van der Waals surface area (Å²) < 4.78 is 0.0500. The monoisotopic (exact) mass is 445 g/mol. The molecule has 0 saturated heterocycles. The highest BCUT2D eigenvalue weighted by molar-refractivity contribution is 8.05. The normalized spacial score (nSPS) is 13.1. The molecule has 26 heavy (non-hydrogen) atoms. The van der Waals surface area contributed by atoms with Crippen LogP contribution < -0.4 is 0 Å². The van der Waals surface area contributed by atoms with Gasteiger partial charge in [-0.2, -0.15) is 0 Å². The Morgan fingerprint density at radius 3 is 1.69 bits per heavy atom. The highest BCUT2D eigenvalue weighted by atomic mass is 35.5. The van der Waals surface area contributed by atoms with E-state index < -0.39 is 10.6 Å². The molecule has 0 aliphatic rings. The zero-order valence-electron chi connectivity index (χ0n) is 13.8. The summed E-state index contributed by atoms with van der Waals surface area (Å²) in [5, 5.41) is 11.4. The van der Waals surface area contributed by atoms with Crippen LogP contribution in [0.1, 0.15) is 11.1 Å². The lowest BCUT2D eigenvalue weighted by Gasteiger charge is -2.07. The molecule has 0 aliphatic carbocycles. The second-order valence-corrected chi connectivity index (χ2v) is 8.89. The summed E-state index contributed by atoms with van der Waals surface area (Å²) >= 11 is 21.0. The Balaban J connectivity index is 2.39. The number of hydrogen-bond donors (Lipinski definition) is 0. The first kappa shape index (κ1) is 21.2. The minimum absolute atomic E-state index is 0.0437. The number of aryl methyl sites for hydroxylation is 2. The molecule has 0 aliphatic heterocycles. The Kier molecular flexibility index (Phi) is 7.92. The molecule has 0 spiro atoms. The molecule has 0 radical (unpaired) electrons. The van der Waals surface area contributed by atoms with Crippen molar-refractivity contribution in [1.82, 2.24) is 0 Å². The third-order valence-corrected chi connectivity index (χ3v) is 6.86. The molecule has 2 aromatic rings. The van der Waals surface area contributed by atoms with Crippen LogP contribution in [-0.2, 0) is 0 Å². The van der Waals surface area contributed by atoms with Gasteiger partial charge in [-0.1, -0.05) is 94.7 Å². The van der Waals surface area contributed by atoms with Crippen molar-refractivity contribution in [2.24, 2.45) is 0 Å². The van der Waals surface area contributed by atoms with E-state index in [4.69, 9.17) is 34.8 Å². The molecule has 0 aromatic heterocycles. The predicted octanol–water partition coefficient (Wildman–Crippen LogP) is 7.52. The van der Waals surface area contributed by atoms with Crippen molar-refractivity contribution >= 4 is 58.3 Å². The number of nitrogens with zero attached hydrogens (tertiary/aromatic N) is 1.